The first kappa shape index (κ1) is 20.5. The Kier molecular flexibility index (Phi) is 8.03. The van der Waals surface area contributed by atoms with Crippen molar-refractivity contribution in [2.75, 3.05) is 11.5 Å². The van der Waals surface area contributed by atoms with Gasteiger partial charge in [-0.15, -0.1) is 0 Å². The van der Waals surface area contributed by atoms with Crippen LogP contribution in [-0.4, -0.2) is 37.7 Å². The summed E-state index contributed by atoms with van der Waals surface area (Å²) in [5.74, 6) is -3.55. The Balaban J connectivity index is 0. The molecule has 0 aliphatic heterocycles. The zero-order valence-corrected chi connectivity index (χ0v) is 12.7. The molecule has 0 heterocycles. The SMILES string of the molecule is CC(F)(CCS(=O)(=O)CCC(=O)[O-])C(F)(F)F.[Na+]. The zero-order valence-electron chi connectivity index (χ0n) is 9.88. The van der Waals surface area contributed by atoms with E-state index in [9.17, 15) is 35.9 Å². The van der Waals surface area contributed by atoms with Gasteiger partial charge in [-0.1, -0.05) is 0 Å². The second-order valence-corrected chi connectivity index (χ2v) is 6.02. The standard InChI is InChI=1S/C8H12F4O4S.Na/c1-7(9,8(10,11)12)3-5-17(15,16)4-2-6(13)14;/h2-5H2,1H3,(H,13,14);/q;+1/p-1. The Morgan fingerprint density at radius 3 is 1.94 bits per heavy atom. The Labute approximate surface area is 124 Å². The van der Waals surface area contributed by atoms with Gasteiger partial charge in [-0.05, 0) is 6.92 Å². The fourth-order valence-electron chi connectivity index (χ4n) is 0.830. The minimum atomic E-state index is -5.16. The maximum absolute atomic E-state index is 13.0. The third kappa shape index (κ3) is 7.55. The van der Waals surface area contributed by atoms with E-state index < -0.39 is 52.0 Å². The van der Waals surface area contributed by atoms with Gasteiger partial charge in [-0.25, -0.2) is 12.8 Å². The van der Waals surface area contributed by atoms with E-state index in [1.54, 1.807) is 0 Å². The zero-order chi connectivity index (χ0) is 13.9. The van der Waals surface area contributed by atoms with E-state index in [-0.39, 0.29) is 36.5 Å². The molecule has 0 saturated heterocycles. The molecular formula is C8H11F4NaO4S. The predicted octanol–water partition coefficient (Wildman–Crippen LogP) is -2.77. The van der Waals surface area contributed by atoms with E-state index in [4.69, 9.17) is 0 Å². The van der Waals surface area contributed by atoms with Gasteiger partial charge in [0, 0.05) is 18.8 Å². The molecule has 0 amide bonds. The van der Waals surface area contributed by atoms with Crippen molar-refractivity contribution >= 4 is 15.8 Å². The van der Waals surface area contributed by atoms with Crippen LogP contribution < -0.4 is 34.7 Å². The number of carboxylic acid groups (broad SMARTS) is 1. The number of hydrogen-bond acceptors (Lipinski definition) is 4. The van der Waals surface area contributed by atoms with E-state index in [0.29, 0.717) is 0 Å². The van der Waals surface area contributed by atoms with Crippen molar-refractivity contribution in [3.8, 4) is 0 Å². The van der Waals surface area contributed by atoms with Gasteiger partial charge in [0.2, 0.25) is 5.67 Å². The number of hydrogen-bond donors (Lipinski definition) is 0. The third-order valence-corrected chi connectivity index (χ3v) is 3.74. The summed E-state index contributed by atoms with van der Waals surface area (Å²) in [5.41, 5.74) is -3.61. The summed E-state index contributed by atoms with van der Waals surface area (Å²) in [4.78, 5) is 9.98. The molecule has 0 aliphatic carbocycles. The molecule has 4 nitrogen and oxygen atoms in total. The molecule has 0 saturated carbocycles. The molecule has 1 unspecified atom stereocenters. The van der Waals surface area contributed by atoms with Crippen molar-refractivity contribution in [3.63, 3.8) is 0 Å². The van der Waals surface area contributed by atoms with Crippen LogP contribution in [0.3, 0.4) is 0 Å². The van der Waals surface area contributed by atoms with Crippen LogP contribution in [0.15, 0.2) is 0 Å². The van der Waals surface area contributed by atoms with Crippen LogP contribution in [0.2, 0.25) is 0 Å². The van der Waals surface area contributed by atoms with Crippen LogP contribution in [0, 0.1) is 0 Å². The summed E-state index contributed by atoms with van der Waals surface area (Å²) < 4.78 is 71.3. The van der Waals surface area contributed by atoms with E-state index in [1.807, 2.05) is 0 Å². The molecular weight excluding hydrogens is 291 g/mol. The normalized spacial score (nSPS) is 15.6. The number of carbonyl (C=O) groups is 1. The first-order chi connectivity index (χ1) is 7.37. The first-order valence-corrected chi connectivity index (χ1v) is 6.35. The van der Waals surface area contributed by atoms with Crippen LogP contribution in [0.4, 0.5) is 17.6 Å². The summed E-state index contributed by atoms with van der Waals surface area (Å²) in [7, 11) is -4.03. The van der Waals surface area contributed by atoms with E-state index in [2.05, 4.69) is 0 Å². The van der Waals surface area contributed by atoms with Crippen LogP contribution in [-0.2, 0) is 14.6 Å². The number of rotatable bonds is 6. The van der Waals surface area contributed by atoms with E-state index in [0.717, 1.165) is 0 Å². The molecule has 18 heavy (non-hydrogen) atoms. The summed E-state index contributed by atoms with van der Waals surface area (Å²) in [6.45, 7) is 0.237. The average molecular weight is 302 g/mol. The molecule has 0 radical (unpaired) electrons. The molecule has 0 N–H and O–H groups in total. The summed E-state index contributed by atoms with van der Waals surface area (Å²) in [6.07, 6.45) is -7.24. The van der Waals surface area contributed by atoms with Gasteiger partial charge in [0.15, 0.2) is 9.84 Å². The first-order valence-electron chi connectivity index (χ1n) is 4.53. The van der Waals surface area contributed by atoms with Crippen LogP contribution in [0.1, 0.15) is 19.8 Å². The van der Waals surface area contributed by atoms with Gasteiger partial charge < -0.3 is 9.90 Å². The van der Waals surface area contributed by atoms with Gasteiger partial charge in [0.1, 0.15) is 0 Å². The second kappa shape index (κ2) is 7.06. The van der Waals surface area contributed by atoms with Crippen molar-refractivity contribution < 1.29 is 65.4 Å². The molecule has 0 aromatic rings. The van der Waals surface area contributed by atoms with Gasteiger partial charge in [0.25, 0.3) is 0 Å². The van der Waals surface area contributed by atoms with Crippen molar-refractivity contribution in [3.05, 3.63) is 0 Å². The maximum Gasteiger partial charge on any atom is 1.00 e. The Morgan fingerprint density at radius 2 is 1.61 bits per heavy atom. The second-order valence-electron chi connectivity index (χ2n) is 3.72. The predicted molar refractivity (Wildman–Crippen MR) is 48.5 cm³/mol. The Morgan fingerprint density at radius 1 is 1.17 bits per heavy atom. The van der Waals surface area contributed by atoms with E-state index >= 15 is 0 Å². The number of halogens is 4. The van der Waals surface area contributed by atoms with Gasteiger partial charge in [0.05, 0.1) is 11.5 Å². The minimum Gasteiger partial charge on any atom is -0.550 e. The number of aliphatic carboxylic acids is 1. The molecule has 0 aromatic carbocycles. The fourth-order valence-corrected chi connectivity index (χ4v) is 2.21. The van der Waals surface area contributed by atoms with Crippen molar-refractivity contribution in [2.24, 2.45) is 0 Å². The van der Waals surface area contributed by atoms with Crippen molar-refractivity contribution in [2.45, 2.75) is 31.6 Å². The Hall–Kier alpha value is 0.140. The summed E-state index contributed by atoms with van der Waals surface area (Å²) in [5, 5.41) is 9.98. The molecule has 0 spiro atoms. The average Bonchev–Trinajstić information content (AvgIpc) is 2.11. The number of carboxylic acids is 1. The van der Waals surface area contributed by atoms with Crippen LogP contribution in [0.25, 0.3) is 0 Å². The molecule has 0 rings (SSSR count). The summed E-state index contributed by atoms with van der Waals surface area (Å²) in [6, 6.07) is 0. The topological polar surface area (TPSA) is 74.3 Å². The van der Waals surface area contributed by atoms with Crippen molar-refractivity contribution in [1.82, 2.24) is 0 Å². The number of alkyl halides is 4. The van der Waals surface area contributed by atoms with Gasteiger partial charge >= 0.3 is 35.7 Å². The molecule has 0 aromatic heterocycles. The Bertz CT molecular complexity index is 377. The molecule has 0 bridgehead atoms. The fraction of sp³-hybridized carbons (Fsp3) is 0.875. The third-order valence-electron chi connectivity index (χ3n) is 2.09. The molecule has 0 aliphatic rings. The van der Waals surface area contributed by atoms with Gasteiger partial charge in [-0.3, -0.25) is 0 Å². The monoisotopic (exact) mass is 302 g/mol. The molecule has 0 fully saturated rings. The minimum absolute atomic E-state index is 0. The quantitative estimate of drug-likeness (QED) is 0.393. The largest absolute Gasteiger partial charge is 1.00 e. The smallest absolute Gasteiger partial charge is 0.550 e. The van der Waals surface area contributed by atoms with Crippen LogP contribution in [0.5, 0.6) is 0 Å². The molecule has 1 atom stereocenters. The number of sulfone groups is 1. The maximum atomic E-state index is 13.0. The summed E-state index contributed by atoms with van der Waals surface area (Å²) >= 11 is 0. The molecule has 102 valence electrons. The van der Waals surface area contributed by atoms with Crippen molar-refractivity contribution in [1.29, 1.82) is 0 Å². The van der Waals surface area contributed by atoms with Gasteiger partial charge in [-0.2, -0.15) is 13.2 Å². The molecule has 10 heteroatoms. The van der Waals surface area contributed by atoms with Crippen LogP contribution >= 0.6 is 0 Å². The van der Waals surface area contributed by atoms with E-state index in [1.165, 1.54) is 0 Å². The number of carbonyl (C=O) groups excluding carboxylic acids is 1.